The van der Waals surface area contributed by atoms with Crippen molar-refractivity contribution in [1.29, 1.82) is 0 Å². The number of nitrogens with zero attached hydrogens (tertiary/aromatic N) is 1. The molecule has 0 radical (unpaired) electrons. The second kappa shape index (κ2) is 3.94. The summed E-state index contributed by atoms with van der Waals surface area (Å²) in [6, 6.07) is 0.729. The van der Waals surface area contributed by atoms with Gasteiger partial charge in [-0.1, -0.05) is 6.92 Å². The Morgan fingerprint density at radius 1 is 1.60 bits per heavy atom. The zero-order valence-corrected chi connectivity index (χ0v) is 7.06. The number of hydrogen-bond acceptors (Lipinski definition) is 2. The lowest BCUT2D eigenvalue weighted by Gasteiger charge is -2.18. The van der Waals surface area contributed by atoms with Crippen LogP contribution in [0.1, 0.15) is 19.8 Å². The summed E-state index contributed by atoms with van der Waals surface area (Å²) in [6.07, 6.45) is 2.55. The van der Waals surface area contributed by atoms with E-state index in [-0.39, 0.29) is 0 Å². The van der Waals surface area contributed by atoms with Gasteiger partial charge in [-0.05, 0) is 33.0 Å². The van der Waals surface area contributed by atoms with Gasteiger partial charge in [0.25, 0.3) is 0 Å². The van der Waals surface area contributed by atoms with Gasteiger partial charge in [-0.2, -0.15) is 0 Å². The lowest BCUT2D eigenvalue weighted by Crippen LogP contribution is -2.35. The first kappa shape index (κ1) is 8.02. The predicted molar refractivity (Wildman–Crippen MR) is 44.2 cm³/mol. The highest BCUT2D eigenvalue weighted by Crippen LogP contribution is 1.99. The highest BCUT2D eigenvalue weighted by Gasteiger charge is 2.11. The van der Waals surface area contributed by atoms with Gasteiger partial charge in [-0.3, -0.25) is 0 Å². The van der Waals surface area contributed by atoms with Gasteiger partial charge in [0.15, 0.2) is 0 Å². The van der Waals surface area contributed by atoms with Crippen molar-refractivity contribution in [2.24, 2.45) is 0 Å². The fraction of sp³-hybridized carbons (Fsp3) is 1.00. The van der Waals surface area contributed by atoms with Crippen LogP contribution >= 0.6 is 0 Å². The Morgan fingerprint density at radius 3 is 3.10 bits per heavy atom. The maximum atomic E-state index is 3.52. The Kier molecular flexibility index (Phi) is 3.16. The van der Waals surface area contributed by atoms with E-state index in [2.05, 4.69) is 24.2 Å². The topological polar surface area (TPSA) is 15.3 Å². The molecule has 0 saturated carbocycles. The van der Waals surface area contributed by atoms with Gasteiger partial charge < -0.3 is 10.2 Å². The minimum Gasteiger partial charge on any atom is -0.313 e. The van der Waals surface area contributed by atoms with Crippen molar-refractivity contribution < 1.29 is 0 Å². The zero-order valence-electron chi connectivity index (χ0n) is 7.06. The first-order chi connectivity index (χ1) is 4.83. The van der Waals surface area contributed by atoms with Crippen LogP contribution in [0.5, 0.6) is 0 Å². The van der Waals surface area contributed by atoms with Gasteiger partial charge in [0.2, 0.25) is 0 Å². The van der Waals surface area contributed by atoms with Gasteiger partial charge >= 0.3 is 0 Å². The van der Waals surface area contributed by atoms with Crippen LogP contribution < -0.4 is 5.32 Å². The van der Waals surface area contributed by atoms with Crippen molar-refractivity contribution in [2.75, 3.05) is 26.7 Å². The quantitative estimate of drug-likeness (QED) is 0.579. The molecule has 0 bridgehead atoms. The van der Waals surface area contributed by atoms with Crippen molar-refractivity contribution in [2.45, 2.75) is 25.8 Å². The Bertz CT molecular complexity index is 93.3. The summed E-state index contributed by atoms with van der Waals surface area (Å²) >= 11 is 0. The zero-order chi connectivity index (χ0) is 7.40. The molecule has 0 aromatic rings. The molecule has 1 unspecified atom stereocenters. The van der Waals surface area contributed by atoms with Crippen LogP contribution in [-0.2, 0) is 0 Å². The van der Waals surface area contributed by atoms with E-state index in [1.165, 1.54) is 32.5 Å². The molecule has 60 valence electrons. The Labute approximate surface area is 63.6 Å². The molecule has 0 aromatic heterocycles. The van der Waals surface area contributed by atoms with Gasteiger partial charge in [0, 0.05) is 12.6 Å². The molecule has 1 fully saturated rings. The number of likely N-dealkylation sites (N-methyl/N-ethyl adjacent to an activating group) is 1. The van der Waals surface area contributed by atoms with Crippen LogP contribution in [0.4, 0.5) is 0 Å². The predicted octanol–water partition coefficient (Wildman–Crippen LogP) is 0.690. The van der Waals surface area contributed by atoms with E-state index in [1.54, 1.807) is 0 Å². The molecule has 10 heavy (non-hydrogen) atoms. The molecule has 1 saturated heterocycles. The van der Waals surface area contributed by atoms with E-state index in [1.807, 2.05) is 0 Å². The number of hydrogen-bond donors (Lipinski definition) is 1. The highest BCUT2D eigenvalue weighted by atomic mass is 15.1. The van der Waals surface area contributed by atoms with Gasteiger partial charge in [-0.25, -0.2) is 0 Å². The third-order valence-electron chi connectivity index (χ3n) is 2.17. The van der Waals surface area contributed by atoms with Crippen LogP contribution in [0.25, 0.3) is 0 Å². The Balaban J connectivity index is 2.30. The first-order valence-corrected chi connectivity index (χ1v) is 4.25. The summed E-state index contributed by atoms with van der Waals surface area (Å²) in [4.78, 5) is 2.41. The van der Waals surface area contributed by atoms with Crippen molar-refractivity contribution in [3.8, 4) is 0 Å². The molecule has 0 amide bonds. The van der Waals surface area contributed by atoms with E-state index in [0.717, 1.165) is 6.04 Å². The standard InChI is InChI=1S/C8H18N2/c1-3-8-7-10(2)6-4-5-9-8/h8-9H,3-7H2,1-2H3. The monoisotopic (exact) mass is 142 g/mol. The maximum absolute atomic E-state index is 3.52. The van der Waals surface area contributed by atoms with E-state index < -0.39 is 0 Å². The Hall–Kier alpha value is -0.0800. The fourth-order valence-corrected chi connectivity index (χ4v) is 1.46. The SMILES string of the molecule is CCC1CN(C)CCCN1. The average molecular weight is 142 g/mol. The van der Waals surface area contributed by atoms with Crippen LogP contribution in [0.15, 0.2) is 0 Å². The molecule has 1 heterocycles. The molecule has 1 rings (SSSR count). The summed E-state index contributed by atoms with van der Waals surface area (Å²) in [5.41, 5.74) is 0. The molecule has 1 aliphatic rings. The minimum atomic E-state index is 0.729. The van der Waals surface area contributed by atoms with Crippen LogP contribution in [-0.4, -0.2) is 37.6 Å². The van der Waals surface area contributed by atoms with E-state index in [4.69, 9.17) is 0 Å². The summed E-state index contributed by atoms with van der Waals surface area (Å²) in [5, 5.41) is 3.52. The summed E-state index contributed by atoms with van der Waals surface area (Å²) in [7, 11) is 2.20. The van der Waals surface area contributed by atoms with Crippen molar-refractivity contribution in [3.05, 3.63) is 0 Å². The molecule has 2 heteroatoms. The van der Waals surface area contributed by atoms with E-state index in [9.17, 15) is 0 Å². The van der Waals surface area contributed by atoms with Crippen LogP contribution in [0.2, 0.25) is 0 Å². The molecule has 0 spiro atoms. The first-order valence-electron chi connectivity index (χ1n) is 4.25. The molecule has 2 nitrogen and oxygen atoms in total. The molecular weight excluding hydrogens is 124 g/mol. The summed E-state index contributed by atoms with van der Waals surface area (Å²) in [5.74, 6) is 0. The van der Waals surface area contributed by atoms with Gasteiger partial charge in [-0.15, -0.1) is 0 Å². The maximum Gasteiger partial charge on any atom is 0.0192 e. The number of nitrogens with one attached hydrogen (secondary N) is 1. The van der Waals surface area contributed by atoms with Gasteiger partial charge in [0.1, 0.15) is 0 Å². The molecule has 0 aliphatic carbocycles. The molecule has 0 aromatic carbocycles. The van der Waals surface area contributed by atoms with Crippen LogP contribution in [0, 0.1) is 0 Å². The summed E-state index contributed by atoms with van der Waals surface area (Å²) in [6.45, 7) is 5.92. The third kappa shape index (κ3) is 2.27. The molecule has 1 aliphatic heterocycles. The molecular formula is C8H18N2. The average Bonchev–Trinajstić information content (AvgIpc) is 2.13. The van der Waals surface area contributed by atoms with E-state index in [0.29, 0.717) is 0 Å². The molecule has 1 atom stereocenters. The fourth-order valence-electron chi connectivity index (χ4n) is 1.46. The lowest BCUT2D eigenvalue weighted by molar-refractivity contribution is 0.320. The smallest absolute Gasteiger partial charge is 0.0192 e. The van der Waals surface area contributed by atoms with E-state index >= 15 is 0 Å². The lowest BCUT2D eigenvalue weighted by atomic mass is 10.2. The third-order valence-corrected chi connectivity index (χ3v) is 2.17. The number of rotatable bonds is 1. The van der Waals surface area contributed by atoms with Crippen molar-refractivity contribution in [1.82, 2.24) is 10.2 Å². The summed E-state index contributed by atoms with van der Waals surface area (Å²) < 4.78 is 0. The van der Waals surface area contributed by atoms with Crippen molar-refractivity contribution >= 4 is 0 Å². The van der Waals surface area contributed by atoms with Crippen molar-refractivity contribution in [3.63, 3.8) is 0 Å². The molecule has 1 N–H and O–H groups in total. The minimum absolute atomic E-state index is 0.729. The Morgan fingerprint density at radius 2 is 2.40 bits per heavy atom. The van der Waals surface area contributed by atoms with Gasteiger partial charge in [0.05, 0.1) is 0 Å². The second-order valence-corrected chi connectivity index (χ2v) is 3.18. The second-order valence-electron chi connectivity index (χ2n) is 3.18. The van der Waals surface area contributed by atoms with Crippen LogP contribution in [0.3, 0.4) is 0 Å². The highest BCUT2D eigenvalue weighted by molar-refractivity contribution is 4.72. The normalized spacial score (nSPS) is 30.0. The largest absolute Gasteiger partial charge is 0.313 e.